The number of rotatable bonds is 7. The molecule has 0 saturated carbocycles. The van der Waals surface area contributed by atoms with Crippen molar-refractivity contribution in [1.29, 1.82) is 0 Å². The highest BCUT2D eigenvalue weighted by Crippen LogP contribution is 1.98. The van der Waals surface area contributed by atoms with Crippen molar-refractivity contribution in [3.63, 3.8) is 0 Å². The maximum atomic E-state index is 11.5. The normalized spacial score (nSPS) is 15.0. The number of hydrogen-bond donors (Lipinski definition) is 3. The van der Waals surface area contributed by atoms with Crippen molar-refractivity contribution >= 4 is 21.9 Å². The average molecular weight is 266 g/mol. The van der Waals surface area contributed by atoms with Crippen LogP contribution in [0.4, 0.5) is 0 Å². The van der Waals surface area contributed by atoms with E-state index in [-0.39, 0.29) is 0 Å². The molecule has 8 heteroatoms. The first-order valence-corrected chi connectivity index (χ1v) is 7.07. The molecular formula is C9H18N2O5S. The Kier molecular flexibility index (Phi) is 6.11. The van der Waals surface area contributed by atoms with Crippen molar-refractivity contribution in [2.24, 2.45) is 0 Å². The molecule has 0 heterocycles. The van der Waals surface area contributed by atoms with Crippen molar-refractivity contribution in [1.82, 2.24) is 10.0 Å². The van der Waals surface area contributed by atoms with Crippen molar-refractivity contribution < 1.29 is 23.1 Å². The molecule has 17 heavy (non-hydrogen) atoms. The van der Waals surface area contributed by atoms with E-state index in [4.69, 9.17) is 5.11 Å². The molecule has 7 nitrogen and oxygen atoms in total. The number of aliphatic carboxylic acids is 1. The molecule has 100 valence electrons. The van der Waals surface area contributed by atoms with Crippen LogP contribution >= 0.6 is 0 Å². The summed E-state index contributed by atoms with van der Waals surface area (Å²) < 4.78 is 23.8. The van der Waals surface area contributed by atoms with Crippen molar-refractivity contribution in [2.75, 3.05) is 6.26 Å². The van der Waals surface area contributed by atoms with Gasteiger partial charge in [0.25, 0.3) is 0 Å². The predicted octanol–water partition coefficient (Wildman–Crippen LogP) is -0.706. The summed E-state index contributed by atoms with van der Waals surface area (Å²) in [5.41, 5.74) is 0. The standard InChI is InChI=1S/C9H18N2O5S/c1-4-5-7(9(13)14)10-8(12)6(2)11-17(3,15)16/h6-7,11H,4-5H2,1-3H3,(H,10,12)(H,13,14). The van der Waals surface area contributed by atoms with Gasteiger partial charge in [0.05, 0.1) is 12.3 Å². The van der Waals surface area contributed by atoms with Gasteiger partial charge in [-0.15, -0.1) is 0 Å². The molecule has 0 aromatic rings. The smallest absolute Gasteiger partial charge is 0.326 e. The van der Waals surface area contributed by atoms with Crippen LogP contribution in [-0.2, 0) is 19.6 Å². The molecule has 0 aliphatic carbocycles. The molecule has 0 fully saturated rings. The lowest BCUT2D eigenvalue weighted by atomic mass is 10.1. The largest absolute Gasteiger partial charge is 0.480 e. The van der Waals surface area contributed by atoms with Gasteiger partial charge in [-0.05, 0) is 13.3 Å². The number of carboxylic acid groups (broad SMARTS) is 1. The van der Waals surface area contributed by atoms with Crippen LogP contribution in [-0.4, -0.2) is 43.7 Å². The summed E-state index contributed by atoms with van der Waals surface area (Å²) >= 11 is 0. The number of carbonyl (C=O) groups is 2. The molecule has 0 aromatic heterocycles. The molecule has 0 rings (SSSR count). The second-order valence-corrected chi connectivity index (χ2v) is 5.58. The Hall–Kier alpha value is -1.15. The van der Waals surface area contributed by atoms with E-state index >= 15 is 0 Å². The summed E-state index contributed by atoms with van der Waals surface area (Å²) in [7, 11) is -3.49. The van der Waals surface area contributed by atoms with Crippen LogP contribution in [0.3, 0.4) is 0 Å². The van der Waals surface area contributed by atoms with E-state index in [2.05, 4.69) is 10.0 Å². The monoisotopic (exact) mass is 266 g/mol. The maximum absolute atomic E-state index is 11.5. The predicted molar refractivity (Wildman–Crippen MR) is 61.9 cm³/mol. The van der Waals surface area contributed by atoms with Crippen molar-refractivity contribution in [3.05, 3.63) is 0 Å². The summed E-state index contributed by atoms with van der Waals surface area (Å²) in [6.45, 7) is 3.14. The molecule has 2 unspecified atom stereocenters. The van der Waals surface area contributed by atoms with Gasteiger partial charge in [-0.25, -0.2) is 17.9 Å². The zero-order chi connectivity index (χ0) is 13.6. The van der Waals surface area contributed by atoms with Crippen molar-refractivity contribution in [3.8, 4) is 0 Å². The van der Waals surface area contributed by atoms with Gasteiger partial charge in [0.2, 0.25) is 15.9 Å². The average Bonchev–Trinajstić information content (AvgIpc) is 2.13. The molecule has 0 aromatic carbocycles. The summed E-state index contributed by atoms with van der Waals surface area (Å²) in [4.78, 5) is 22.3. The van der Waals surface area contributed by atoms with Gasteiger partial charge in [0, 0.05) is 0 Å². The van der Waals surface area contributed by atoms with Crippen LogP contribution in [0, 0.1) is 0 Å². The molecule has 0 aliphatic heterocycles. The first-order chi connectivity index (χ1) is 7.67. The first kappa shape index (κ1) is 15.9. The number of amides is 1. The van der Waals surface area contributed by atoms with E-state index in [1.54, 1.807) is 6.92 Å². The Morgan fingerprint density at radius 1 is 1.35 bits per heavy atom. The van der Waals surface area contributed by atoms with E-state index in [9.17, 15) is 18.0 Å². The van der Waals surface area contributed by atoms with E-state index in [1.807, 2.05) is 0 Å². The molecule has 0 aliphatic rings. The molecular weight excluding hydrogens is 248 g/mol. The van der Waals surface area contributed by atoms with Gasteiger partial charge in [-0.2, -0.15) is 0 Å². The summed E-state index contributed by atoms with van der Waals surface area (Å²) in [6.07, 6.45) is 1.83. The number of hydrogen-bond acceptors (Lipinski definition) is 4. The molecule has 0 spiro atoms. The first-order valence-electron chi connectivity index (χ1n) is 5.17. The van der Waals surface area contributed by atoms with Crippen LogP contribution in [0.25, 0.3) is 0 Å². The Morgan fingerprint density at radius 2 is 1.88 bits per heavy atom. The highest BCUT2D eigenvalue weighted by Gasteiger charge is 2.23. The Bertz CT molecular complexity index is 379. The highest BCUT2D eigenvalue weighted by atomic mass is 32.2. The Labute approximate surface area is 101 Å². The fraction of sp³-hybridized carbons (Fsp3) is 0.778. The highest BCUT2D eigenvalue weighted by molar-refractivity contribution is 7.88. The fourth-order valence-electron chi connectivity index (χ4n) is 1.22. The van der Waals surface area contributed by atoms with Gasteiger partial charge in [-0.3, -0.25) is 4.79 Å². The lowest BCUT2D eigenvalue weighted by molar-refractivity contribution is -0.142. The SMILES string of the molecule is CCCC(NC(=O)C(C)NS(C)(=O)=O)C(=O)O. The minimum Gasteiger partial charge on any atom is -0.480 e. The lowest BCUT2D eigenvalue weighted by Gasteiger charge is -2.17. The molecule has 2 atom stereocenters. The minimum absolute atomic E-state index is 0.298. The number of carboxylic acids is 1. The van der Waals surface area contributed by atoms with Crippen LogP contribution in [0.15, 0.2) is 0 Å². The third-order valence-electron chi connectivity index (χ3n) is 1.98. The Balaban J connectivity index is 4.45. The third kappa shape index (κ3) is 6.90. The Morgan fingerprint density at radius 3 is 2.24 bits per heavy atom. The number of carbonyl (C=O) groups excluding carboxylic acids is 1. The summed E-state index contributed by atoms with van der Waals surface area (Å²) in [5, 5.41) is 11.1. The van der Waals surface area contributed by atoms with Gasteiger partial charge < -0.3 is 10.4 Å². The number of sulfonamides is 1. The quantitative estimate of drug-likeness (QED) is 0.563. The van der Waals surface area contributed by atoms with Gasteiger partial charge in [0.15, 0.2) is 0 Å². The minimum atomic E-state index is -3.49. The van der Waals surface area contributed by atoms with Crippen LogP contribution in [0.1, 0.15) is 26.7 Å². The summed E-state index contributed by atoms with van der Waals surface area (Å²) in [5.74, 6) is -1.79. The molecule has 0 saturated heterocycles. The van der Waals surface area contributed by atoms with E-state index in [1.165, 1.54) is 6.92 Å². The van der Waals surface area contributed by atoms with Gasteiger partial charge in [-0.1, -0.05) is 13.3 Å². The van der Waals surface area contributed by atoms with Gasteiger partial charge >= 0.3 is 5.97 Å². The van der Waals surface area contributed by atoms with Crippen LogP contribution in [0.2, 0.25) is 0 Å². The zero-order valence-electron chi connectivity index (χ0n) is 10.1. The molecule has 0 bridgehead atoms. The van der Waals surface area contributed by atoms with Crippen molar-refractivity contribution in [2.45, 2.75) is 38.8 Å². The number of nitrogens with one attached hydrogen (secondary N) is 2. The summed E-state index contributed by atoms with van der Waals surface area (Å²) in [6, 6.07) is -1.99. The maximum Gasteiger partial charge on any atom is 0.326 e. The van der Waals surface area contributed by atoms with Gasteiger partial charge in [0.1, 0.15) is 6.04 Å². The zero-order valence-corrected chi connectivity index (χ0v) is 10.9. The third-order valence-corrected chi connectivity index (χ3v) is 2.76. The van der Waals surface area contributed by atoms with E-state index < -0.39 is 34.0 Å². The fourth-order valence-corrected chi connectivity index (χ4v) is 1.97. The molecule has 3 N–H and O–H groups in total. The van der Waals surface area contributed by atoms with Crippen LogP contribution < -0.4 is 10.0 Å². The second-order valence-electron chi connectivity index (χ2n) is 3.80. The van der Waals surface area contributed by atoms with E-state index in [0.717, 1.165) is 6.26 Å². The topological polar surface area (TPSA) is 113 Å². The van der Waals surface area contributed by atoms with E-state index in [0.29, 0.717) is 12.8 Å². The second kappa shape index (κ2) is 6.55. The van der Waals surface area contributed by atoms with Crippen LogP contribution in [0.5, 0.6) is 0 Å². The molecule has 1 amide bonds. The lowest BCUT2D eigenvalue weighted by Crippen LogP contribution is -2.50. The molecule has 0 radical (unpaired) electrons.